The fourth-order valence-corrected chi connectivity index (χ4v) is 6.34. The zero-order valence-electron chi connectivity index (χ0n) is 31.8. The lowest BCUT2D eigenvalue weighted by atomic mass is 9.90. The normalized spacial score (nSPS) is 19.6. The topological polar surface area (TPSA) is 186 Å². The van der Waals surface area contributed by atoms with Gasteiger partial charge in [0.25, 0.3) is 0 Å². The van der Waals surface area contributed by atoms with E-state index in [9.17, 15) is 34.1 Å². The average molecular weight is 759 g/mol. The standard InChI is InChI=1S/C39H67O12P/c1-4-6-13-20-33(41)24-25-36-32(23-26-37(36)43)19-15-11-12-16-21-38(44)48-29-35(30-50-52(46,47)49-28-34(42)27-40)51-39(45)22-17-10-8-7-9-14-18-31(3)5-2/h11,15,23-26,31-36,40-42H,4-10,12-14,16-22,27-30H2,1-3H3,(H,46,47)/b15-11-,25-24+/t31?,32-,33-,34-,35+,36+/m0/s1. The Morgan fingerprint density at radius 3 is 2.27 bits per heavy atom. The summed E-state index contributed by atoms with van der Waals surface area (Å²) < 4.78 is 32.5. The Hall–Kier alpha value is -2.18. The molecule has 1 aliphatic rings. The molecule has 0 radical (unpaired) electrons. The molecule has 2 unspecified atom stereocenters. The third-order valence-corrected chi connectivity index (χ3v) is 10.0. The molecule has 0 aromatic heterocycles. The summed E-state index contributed by atoms with van der Waals surface area (Å²) in [4.78, 5) is 47.3. The summed E-state index contributed by atoms with van der Waals surface area (Å²) in [6.07, 6.45) is 22.0. The van der Waals surface area contributed by atoms with Crippen LogP contribution in [-0.4, -0.2) is 82.7 Å². The molecule has 0 amide bonds. The van der Waals surface area contributed by atoms with Crippen molar-refractivity contribution in [3.8, 4) is 0 Å². The Kier molecular flexibility index (Phi) is 26.9. The minimum absolute atomic E-state index is 0.0124. The maximum atomic E-state index is 12.6. The summed E-state index contributed by atoms with van der Waals surface area (Å²) in [6.45, 7) is 4.27. The number of carbonyl (C=O) groups is 3. The highest BCUT2D eigenvalue weighted by atomic mass is 31.2. The predicted octanol–water partition coefficient (Wildman–Crippen LogP) is 7.08. The molecule has 0 aliphatic heterocycles. The van der Waals surface area contributed by atoms with Gasteiger partial charge in [-0.2, -0.15) is 0 Å². The minimum atomic E-state index is -4.66. The van der Waals surface area contributed by atoms with Crippen molar-refractivity contribution < 1.29 is 57.7 Å². The average Bonchev–Trinajstić information content (AvgIpc) is 3.48. The Morgan fingerprint density at radius 2 is 1.56 bits per heavy atom. The van der Waals surface area contributed by atoms with Crippen LogP contribution in [0.15, 0.2) is 36.5 Å². The van der Waals surface area contributed by atoms with Crippen LogP contribution in [0.5, 0.6) is 0 Å². The van der Waals surface area contributed by atoms with Gasteiger partial charge in [-0.1, -0.05) is 115 Å². The molecule has 7 atom stereocenters. The van der Waals surface area contributed by atoms with Gasteiger partial charge < -0.3 is 29.7 Å². The second-order valence-corrected chi connectivity index (χ2v) is 15.3. The number of ketones is 1. The second kappa shape index (κ2) is 29.2. The minimum Gasteiger partial charge on any atom is -0.462 e. The number of aliphatic hydroxyl groups is 3. The van der Waals surface area contributed by atoms with E-state index in [0.29, 0.717) is 32.1 Å². The Labute approximate surface area is 311 Å². The monoisotopic (exact) mass is 758 g/mol. The molecular weight excluding hydrogens is 691 g/mol. The smallest absolute Gasteiger partial charge is 0.462 e. The largest absolute Gasteiger partial charge is 0.472 e. The molecule has 4 N–H and O–H groups in total. The third-order valence-electron chi connectivity index (χ3n) is 9.09. The number of rotatable bonds is 32. The lowest BCUT2D eigenvalue weighted by molar-refractivity contribution is -0.161. The van der Waals surface area contributed by atoms with E-state index in [-0.39, 0.29) is 37.1 Å². The number of phosphoric ester groups is 1. The molecule has 1 rings (SSSR count). The van der Waals surface area contributed by atoms with Gasteiger partial charge in [0.2, 0.25) is 0 Å². The zero-order valence-corrected chi connectivity index (χ0v) is 32.7. The number of unbranched alkanes of at least 4 members (excludes halogenated alkanes) is 8. The quantitative estimate of drug-likeness (QED) is 0.0237. The van der Waals surface area contributed by atoms with E-state index >= 15 is 0 Å². The van der Waals surface area contributed by atoms with Crippen molar-refractivity contribution >= 4 is 25.5 Å². The molecule has 0 aromatic rings. The number of carbonyl (C=O) groups excluding carboxylic acids is 3. The summed E-state index contributed by atoms with van der Waals surface area (Å²) in [5, 5.41) is 28.5. The molecule has 52 heavy (non-hydrogen) atoms. The summed E-state index contributed by atoms with van der Waals surface area (Å²) in [5.41, 5.74) is 0. The van der Waals surface area contributed by atoms with E-state index in [0.717, 1.165) is 44.4 Å². The number of esters is 2. The molecule has 0 bridgehead atoms. The maximum Gasteiger partial charge on any atom is 0.472 e. The molecular formula is C39H67O12P. The summed E-state index contributed by atoms with van der Waals surface area (Å²) >= 11 is 0. The summed E-state index contributed by atoms with van der Waals surface area (Å²) in [6, 6.07) is 0. The van der Waals surface area contributed by atoms with Crippen molar-refractivity contribution in [3.05, 3.63) is 36.5 Å². The third kappa shape index (κ3) is 24.2. The van der Waals surface area contributed by atoms with Crippen molar-refractivity contribution in [3.63, 3.8) is 0 Å². The molecule has 12 nitrogen and oxygen atoms in total. The van der Waals surface area contributed by atoms with Crippen molar-refractivity contribution in [2.24, 2.45) is 17.8 Å². The number of allylic oxidation sites excluding steroid dienone is 5. The molecule has 0 spiro atoms. The lowest BCUT2D eigenvalue weighted by Gasteiger charge is -2.20. The first kappa shape index (κ1) is 47.8. The first-order chi connectivity index (χ1) is 24.9. The Morgan fingerprint density at radius 1 is 0.885 bits per heavy atom. The van der Waals surface area contributed by atoms with Crippen LogP contribution in [0.25, 0.3) is 0 Å². The molecule has 13 heteroatoms. The highest BCUT2D eigenvalue weighted by molar-refractivity contribution is 7.47. The van der Waals surface area contributed by atoms with Gasteiger partial charge in [-0.3, -0.25) is 23.4 Å². The van der Waals surface area contributed by atoms with E-state index in [2.05, 4.69) is 25.3 Å². The fourth-order valence-electron chi connectivity index (χ4n) is 5.55. The SMILES string of the molecule is CCCCC[C@H](O)/C=C/[C@H]1C(=O)C=C[C@@H]1C/C=C\CCCC(=O)OC[C@H](COP(=O)(O)OC[C@@H](O)CO)OC(=O)CCCCCCCCC(C)CC. The van der Waals surface area contributed by atoms with Gasteiger partial charge in [0, 0.05) is 18.8 Å². The van der Waals surface area contributed by atoms with Gasteiger partial charge >= 0.3 is 19.8 Å². The first-order valence-corrected chi connectivity index (χ1v) is 20.9. The van der Waals surface area contributed by atoms with Gasteiger partial charge in [-0.05, 0) is 50.0 Å². The number of phosphoric acid groups is 1. The Balaban J connectivity index is 2.50. The van der Waals surface area contributed by atoms with Crippen LogP contribution in [0.2, 0.25) is 0 Å². The van der Waals surface area contributed by atoms with Crippen LogP contribution < -0.4 is 0 Å². The summed E-state index contributed by atoms with van der Waals surface area (Å²) in [7, 11) is -4.66. The number of hydrogen-bond acceptors (Lipinski definition) is 11. The van der Waals surface area contributed by atoms with Crippen molar-refractivity contribution in [1.82, 2.24) is 0 Å². The number of hydrogen-bond donors (Lipinski definition) is 4. The van der Waals surface area contributed by atoms with Gasteiger partial charge in [0.15, 0.2) is 11.9 Å². The highest BCUT2D eigenvalue weighted by Gasteiger charge is 2.28. The highest BCUT2D eigenvalue weighted by Crippen LogP contribution is 2.43. The van der Waals surface area contributed by atoms with Crippen LogP contribution in [0.1, 0.15) is 130 Å². The van der Waals surface area contributed by atoms with Gasteiger partial charge in [-0.15, -0.1) is 0 Å². The maximum absolute atomic E-state index is 12.6. The van der Waals surface area contributed by atoms with E-state index in [1.807, 2.05) is 24.3 Å². The van der Waals surface area contributed by atoms with Crippen LogP contribution in [0.4, 0.5) is 0 Å². The zero-order chi connectivity index (χ0) is 38.6. The van der Waals surface area contributed by atoms with Crippen LogP contribution in [0.3, 0.4) is 0 Å². The van der Waals surface area contributed by atoms with Crippen LogP contribution >= 0.6 is 7.82 Å². The number of aliphatic hydroxyl groups excluding tert-OH is 3. The second-order valence-electron chi connectivity index (χ2n) is 13.9. The van der Waals surface area contributed by atoms with E-state index < -0.39 is 57.9 Å². The van der Waals surface area contributed by atoms with Crippen LogP contribution in [0, 0.1) is 17.8 Å². The molecule has 1 aliphatic carbocycles. The first-order valence-electron chi connectivity index (χ1n) is 19.4. The summed E-state index contributed by atoms with van der Waals surface area (Å²) in [5.74, 6) is -0.590. The molecule has 0 aromatic carbocycles. The molecule has 0 heterocycles. The van der Waals surface area contributed by atoms with Gasteiger partial charge in [-0.25, -0.2) is 4.57 Å². The fraction of sp³-hybridized carbons (Fsp3) is 0.769. The van der Waals surface area contributed by atoms with Crippen molar-refractivity contribution in [2.75, 3.05) is 26.4 Å². The van der Waals surface area contributed by atoms with Crippen molar-refractivity contribution in [1.29, 1.82) is 0 Å². The predicted molar refractivity (Wildman–Crippen MR) is 200 cm³/mol. The molecule has 0 fully saturated rings. The molecule has 300 valence electrons. The van der Waals surface area contributed by atoms with Gasteiger partial charge in [0.1, 0.15) is 12.7 Å². The Bertz CT molecular complexity index is 1120. The molecule has 0 saturated heterocycles. The van der Waals surface area contributed by atoms with E-state index in [1.165, 1.54) is 25.7 Å². The lowest BCUT2D eigenvalue weighted by Crippen LogP contribution is -2.29. The van der Waals surface area contributed by atoms with Crippen LogP contribution in [-0.2, 0) is 37.5 Å². The molecule has 0 saturated carbocycles. The van der Waals surface area contributed by atoms with E-state index in [1.54, 1.807) is 12.2 Å². The van der Waals surface area contributed by atoms with Crippen molar-refractivity contribution in [2.45, 2.75) is 148 Å². The van der Waals surface area contributed by atoms with E-state index in [4.69, 9.17) is 19.1 Å². The van der Waals surface area contributed by atoms with Gasteiger partial charge in [0.05, 0.1) is 25.9 Å². The number of ether oxygens (including phenoxy) is 2.